The van der Waals surface area contributed by atoms with Crippen molar-refractivity contribution in [3.8, 4) is 11.5 Å². The highest BCUT2D eigenvalue weighted by molar-refractivity contribution is 9.10. The maximum absolute atomic E-state index is 11.7. The molecular formula is C23H25Br2NO7. The van der Waals surface area contributed by atoms with Crippen molar-refractivity contribution in [3.05, 3.63) is 61.0 Å². The van der Waals surface area contributed by atoms with Crippen LogP contribution < -0.4 is 9.47 Å². The van der Waals surface area contributed by atoms with Gasteiger partial charge in [0.2, 0.25) is 5.60 Å². The Hall–Kier alpha value is -2.46. The fourth-order valence-corrected chi connectivity index (χ4v) is 3.60. The van der Waals surface area contributed by atoms with Gasteiger partial charge in [-0.1, -0.05) is 31.9 Å². The van der Waals surface area contributed by atoms with Gasteiger partial charge in [0.25, 0.3) is 0 Å². The first kappa shape index (κ1) is 26.8. The number of halogens is 2. The standard InChI is InChI=1S/C12H14BrNO5.C11H11BrO2/c1-4-18-11(15)12(2,3)19-10-6-5-8(13)7-9(10)14(16)17;1-11(2)10(13)6-7-5-8(12)3-4-9(7)14-11/h5-7H,4H2,1-3H3;3-5H,6H2,1-2H3. The number of hydrogen-bond acceptors (Lipinski definition) is 7. The van der Waals surface area contributed by atoms with Crippen molar-refractivity contribution in [1.29, 1.82) is 0 Å². The number of carbonyl (C=O) groups excluding carboxylic acids is 2. The zero-order valence-corrected chi connectivity index (χ0v) is 22.1. The molecule has 3 rings (SSSR count). The van der Waals surface area contributed by atoms with Crippen LogP contribution in [0.25, 0.3) is 0 Å². The van der Waals surface area contributed by atoms with Crippen LogP contribution in [0.2, 0.25) is 0 Å². The van der Waals surface area contributed by atoms with Crippen LogP contribution in [0.4, 0.5) is 5.69 Å². The molecule has 0 fully saturated rings. The largest absolute Gasteiger partial charge is 0.480 e. The third kappa shape index (κ3) is 7.01. The minimum absolute atomic E-state index is 0.0197. The molecule has 0 saturated heterocycles. The Balaban J connectivity index is 0.000000243. The summed E-state index contributed by atoms with van der Waals surface area (Å²) in [5.41, 5.74) is -1.23. The molecule has 0 atom stereocenters. The first-order valence-electron chi connectivity index (χ1n) is 10.1. The van der Waals surface area contributed by atoms with Gasteiger partial charge in [-0.05, 0) is 65.0 Å². The Morgan fingerprint density at radius 1 is 1.18 bits per heavy atom. The number of ether oxygens (including phenoxy) is 3. The Labute approximate surface area is 209 Å². The average Bonchev–Trinajstić information content (AvgIpc) is 2.71. The Kier molecular flexibility index (Phi) is 8.64. The van der Waals surface area contributed by atoms with E-state index < -0.39 is 22.1 Å². The summed E-state index contributed by atoms with van der Waals surface area (Å²) in [5.74, 6) is 0.388. The van der Waals surface area contributed by atoms with Gasteiger partial charge in [0.15, 0.2) is 17.1 Å². The summed E-state index contributed by atoms with van der Waals surface area (Å²) in [6.07, 6.45) is 0.460. The van der Waals surface area contributed by atoms with E-state index in [0.717, 1.165) is 15.8 Å². The lowest BCUT2D eigenvalue weighted by Crippen LogP contribution is -2.42. The topological polar surface area (TPSA) is 105 Å². The van der Waals surface area contributed by atoms with Crippen molar-refractivity contribution in [2.75, 3.05) is 6.61 Å². The zero-order valence-electron chi connectivity index (χ0n) is 18.9. The van der Waals surface area contributed by atoms with Crippen molar-refractivity contribution in [2.45, 2.75) is 52.2 Å². The summed E-state index contributed by atoms with van der Waals surface area (Å²) in [5, 5.41) is 10.9. The minimum Gasteiger partial charge on any atom is -0.480 e. The van der Waals surface area contributed by atoms with Crippen molar-refractivity contribution in [1.82, 2.24) is 0 Å². The van der Waals surface area contributed by atoms with Crippen LogP contribution in [0, 0.1) is 10.1 Å². The Bertz CT molecular complexity index is 1070. The SMILES string of the molecule is CC1(C)Oc2ccc(Br)cc2CC1=O.CCOC(=O)C(C)(C)Oc1ccc(Br)cc1[N+](=O)[O-]. The molecule has 0 aromatic heterocycles. The number of nitro benzene ring substituents is 1. The van der Waals surface area contributed by atoms with Crippen molar-refractivity contribution in [2.24, 2.45) is 0 Å². The van der Waals surface area contributed by atoms with Crippen LogP contribution in [0.3, 0.4) is 0 Å². The summed E-state index contributed by atoms with van der Waals surface area (Å²) >= 11 is 6.52. The zero-order chi connectivity index (χ0) is 25.0. The molecule has 0 amide bonds. The molecule has 1 heterocycles. The van der Waals surface area contributed by atoms with Crippen LogP contribution in [-0.2, 0) is 20.7 Å². The van der Waals surface area contributed by atoms with Gasteiger partial charge in [-0.2, -0.15) is 0 Å². The molecule has 0 bridgehead atoms. The maximum atomic E-state index is 11.7. The maximum Gasteiger partial charge on any atom is 0.349 e. The first-order valence-corrected chi connectivity index (χ1v) is 11.7. The third-order valence-corrected chi connectivity index (χ3v) is 5.65. The van der Waals surface area contributed by atoms with Gasteiger partial charge in [0, 0.05) is 27.0 Å². The molecule has 0 aliphatic carbocycles. The molecule has 0 radical (unpaired) electrons. The van der Waals surface area contributed by atoms with Crippen LogP contribution in [0.5, 0.6) is 11.5 Å². The van der Waals surface area contributed by atoms with Crippen LogP contribution >= 0.6 is 31.9 Å². The number of benzene rings is 2. The quantitative estimate of drug-likeness (QED) is 0.247. The summed E-state index contributed by atoms with van der Waals surface area (Å²) in [7, 11) is 0. The van der Waals surface area contributed by atoms with Gasteiger partial charge in [0.1, 0.15) is 5.75 Å². The molecule has 2 aromatic carbocycles. The van der Waals surface area contributed by atoms with E-state index in [1.807, 2.05) is 18.2 Å². The highest BCUT2D eigenvalue weighted by Crippen LogP contribution is 2.34. The molecular weight excluding hydrogens is 562 g/mol. The number of Topliss-reactive ketones (excluding diaryl/α,β-unsaturated/α-hetero) is 1. The number of hydrogen-bond donors (Lipinski definition) is 0. The predicted octanol–water partition coefficient (Wildman–Crippen LogP) is 5.81. The molecule has 0 unspecified atom stereocenters. The van der Waals surface area contributed by atoms with Gasteiger partial charge in [-0.25, -0.2) is 4.79 Å². The molecule has 0 N–H and O–H groups in total. The van der Waals surface area contributed by atoms with E-state index >= 15 is 0 Å². The van der Waals surface area contributed by atoms with Crippen LogP contribution in [-0.4, -0.2) is 34.5 Å². The van der Waals surface area contributed by atoms with Crippen molar-refractivity contribution < 1.29 is 28.7 Å². The highest BCUT2D eigenvalue weighted by atomic mass is 79.9. The number of fused-ring (bicyclic) bond motifs is 1. The number of nitro groups is 1. The molecule has 178 valence electrons. The number of carbonyl (C=O) groups is 2. The lowest BCUT2D eigenvalue weighted by Gasteiger charge is -2.31. The molecule has 10 heteroatoms. The second kappa shape index (κ2) is 10.6. The van der Waals surface area contributed by atoms with Crippen LogP contribution in [0.1, 0.15) is 40.2 Å². The molecule has 33 heavy (non-hydrogen) atoms. The van der Waals surface area contributed by atoms with Crippen molar-refractivity contribution in [3.63, 3.8) is 0 Å². The lowest BCUT2D eigenvalue weighted by molar-refractivity contribution is -0.386. The van der Waals surface area contributed by atoms with E-state index in [4.69, 9.17) is 14.2 Å². The normalized spacial score (nSPS) is 14.2. The van der Waals surface area contributed by atoms with Crippen LogP contribution in [0.15, 0.2) is 45.3 Å². The Morgan fingerprint density at radius 2 is 1.79 bits per heavy atom. The first-order chi connectivity index (χ1) is 15.3. The highest BCUT2D eigenvalue weighted by Gasteiger charge is 2.35. The van der Waals surface area contributed by atoms with Gasteiger partial charge in [0.05, 0.1) is 11.5 Å². The molecule has 0 spiro atoms. The molecule has 1 aliphatic heterocycles. The molecule has 2 aromatic rings. The summed E-state index contributed by atoms with van der Waals surface area (Å²) in [6, 6.07) is 10.1. The number of nitrogens with zero attached hydrogens (tertiary/aromatic N) is 1. The second-order valence-electron chi connectivity index (χ2n) is 8.17. The van der Waals surface area contributed by atoms with E-state index in [-0.39, 0.29) is 23.8 Å². The van der Waals surface area contributed by atoms with E-state index in [0.29, 0.717) is 10.9 Å². The van der Waals surface area contributed by atoms with Crippen molar-refractivity contribution >= 4 is 49.3 Å². The molecule has 1 aliphatic rings. The fraction of sp³-hybridized carbons (Fsp3) is 0.391. The lowest BCUT2D eigenvalue weighted by atomic mass is 9.93. The summed E-state index contributed by atoms with van der Waals surface area (Å²) < 4.78 is 17.4. The monoisotopic (exact) mass is 585 g/mol. The third-order valence-electron chi connectivity index (χ3n) is 4.66. The number of rotatable bonds is 5. The number of esters is 1. The van der Waals surface area contributed by atoms with Gasteiger partial charge in [-0.3, -0.25) is 14.9 Å². The smallest absolute Gasteiger partial charge is 0.349 e. The van der Waals surface area contributed by atoms with E-state index in [1.165, 1.54) is 26.0 Å². The fourth-order valence-electron chi connectivity index (χ4n) is 2.84. The number of ketones is 1. The van der Waals surface area contributed by atoms with Gasteiger partial charge < -0.3 is 14.2 Å². The predicted molar refractivity (Wildman–Crippen MR) is 130 cm³/mol. The van der Waals surface area contributed by atoms with Gasteiger partial charge in [-0.15, -0.1) is 0 Å². The summed E-state index contributed by atoms with van der Waals surface area (Å²) in [4.78, 5) is 33.7. The molecule has 0 saturated carbocycles. The Morgan fingerprint density at radius 3 is 2.39 bits per heavy atom. The van der Waals surface area contributed by atoms with E-state index in [1.54, 1.807) is 26.8 Å². The van der Waals surface area contributed by atoms with E-state index in [9.17, 15) is 19.7 Å². The van der Waals surface area contributed by atoms with E-state index in [2.05, 4.69) is 31.9 Å². The second-order valence-corrected chi connectivity index (χ2v) is 10.00. The molecule has 8 nitrogen and oxygen atoms in total. The average molecular weight is 587 g/mol. The van der Waals surface area contributed by atoms with Gasteiger partial charge >= 0.3 is 11.7 Å². The minimum atomic E-state index is -1.30. The summed E-state index contributed by atoms with van der Waals surface area (Å²) in [6.45, 7) is 8.50.